The molecule has 0 aliphatic carbocycles. The number of benzene rings is 2. The summed E-state index contributed by atoms with van der Waals surface area (Å²) in [4.78, 5) is 30.1. The Morgan fingerprint density at radius 3 is 2.59 bits per heavy atom. The molecule has 4 aromatic rings. The van der Waals surface area contributed by atoms with Crippen molar-refractivity contribution in [1.82, 2.24) is 24.8 Å². The summed E-state index contributed by atoms with van der Waals surface area (Å²) in [7, 11) is 2.04. The van der Waals surface area contributed by atoms with E-state index in [0.717, 1.165) is 35.6 Å². The van der Waals surface area contributed by atoms with Crippen molar-refractivity contribution in [3.8, 4) is 11.3 Å². The van der Waals surface area contributed by atoms with Gasteiger partial charge in [0.25, 0.3) is 5.91 Å². The fourth-order valence-electron chi connectivity index (χ4n) is 4.05. The lowest BCUT2D eigenvalue weighted by molar-refractivity contribution is 0.102. The molecule has 0 spiro atoms. The Bertz CT molecular complexity index is 1440. The maximum absolute atomic E-state index is 13.0. The van der Waals surface area contributed by atoms with E-state index >= 15 is 0 Å². The molecule has 37 heavy (non-hydrogen) atoms. The van der Waals surface area contributed by atoms with Gasteiger partial charge in [0.2, 0.25) is 5.95 Å². The van der Waals surface area contributed by atoms with Gasteiger partial charge in [-0.3, -0.25) is 14.7 Å². The third kappa shape index (κ3) is 6.35. The van der Waals surface area contributed by atoms with Crippen LogP contribution in [0.3, 0.4) is 0 Å². The molecule has 0 unspecified atom stereocenters. The number of aromatic nitrogens is 3. The van der Waals surface area contributed by atoms with Gasteiger partial charge in [-0.05, 0) is 67.6 Å². The molecule has 3 heterocycles. The lowest BCUT2D eigenvalue weighted by Gasteiger charge is -2.32. The third-order valence-electron chi connectivity index (χ3n) is 6.29. The fraction of sp³-hybridized carbons (Fsp3) is 0.241. The van der Waals surface area contributed by atoms with Crippen LogP contribution in [0.1, 0.15) is 24.2 Å². The lowest BCUT2D eigenvalue weighted by atomic mass is 10.1. The van der Waals surface area contributed by atoms with E-state index in [0.29, 0.717) is 35.9 Å². The van der Waals surface area contributed by atoms with Gasteiger partial charge in [-0.25, -0.2) is 9.97 Å². The zero-order valence-electron chi connectivity index (χ0n) is 23.0. The Morgan fingerprint density at radius 2 is 1.84 bits per heavy atom. The molecule has 2 aromatic heterocycles. The van der Waals surface area contributed by atoms with E-state index in [-0.39, 0.29) is 5.91 Å². The molecule has 1 aliphatic rings. The van der Waals surface area contributed by atoms with E-state index in [1.807, 2.05) is 55.3 Å². The molecule has 1 saturated heterocycles. The topological polar surface area (TPSA) is 86.3 Å². The minimum Gasteiger partial charge on any atom is -0.324 e. The number of nitrogens with one attached hydrogen (secondary N) is 2. The maximum atomic E-state index is 13.0. The smallest absolute Gasteiger partial charge is 0.255 e. The summed E-state index contributed by atoms with van der Waals surface area (Å²) in [5.74, 6) is 0.166. The summed E-state index contributed by atoms with van der Waals surface area (Å²) >= 11 is 0. The van der Waals surface area contributed by atoms with Crippen molar-refractivity contribution in [3.05, 3.63) is 95.9 Å². The van der Waals surface area contributed by atoms with Crippen molar-refractivity contribution < 1.29 is 7.54 Å². The SMILES string of the molecule is [2H]C([2H])(c1ccc(C(=O)Nc2ccc(C)c(Nc3nccc(-c4cccnc4)n3)c2)cc1)N1CCN(C)CC1. The van der Waals surface area contributed by atoms with E-state index in [2.05, 4.69) is 30.5 Å². The summed E-state index contributed by atoms with van der Waals surface area (Å²) in [6, 6.07) is 18.0. The van der Waals surface area contributed by atoms with Crippen LogP contribution in [0.2, 0.25) is 0 Å². The van der Waals surface area contributed by atoms with E-state index in [1.165, 1.54) is 0 Å². The average Bonchev–Trinajstić information content (AvgIpc) is 2.96. The number of amides is 1. The number of carbonyl (C=O) groups is 1. The molecule has 0 bridgehead atoms. The fourth-order valence-corrected chi connectivity index (χ4v) is 4.05. The predicted octanol–water partition coefficient (Wildman–Crippen LogP) is 4.59. The van der Waals surface area contributed by atoms with E-state index < -0.39 is 6.50 Å². The van der Waals surface area contributed by atoms with Crippen LogP contribution in [0, 0.1) is 6.92 Å². The van der Waals surface area contributed by atoms with E-state index in [1.54, 1.807) is 42.9 Å². The number of aryl methyl sites for hydroxylation is 1. The zero-order chi connectivity index (χ0) is 27.4. The molecular weight excluding hydrogens is 462 g/mol. The predicted molar refractivity (Wildman–Crippen MR) is 147 cm³/mol. The highest BCUT2D eigenvalue weighted by Crippen LogP contribution is 2.24. The van der Waals surface area contributed by atoms with Gasteiger partial charge in [-0.2, -0.15) is 0 Å². The molecule has 2 N–H and O–H groups in total. The van der Waals surface area contributed by atoms with Crippen LogP contribution in [0.15, 0.2) is 79.3 Å². The minimum atomic E-state index is -1.59. The molecule has 8 nitrogen and oxygen atoms in total. The molecule has 1 fully saturated rings. The summed E-state index contributed by atoms with van der Waals surface area (Å²) in [6.45, 7) is 3.35. The highest BCUT2D eigenvalue weighted by molar-refractivity contribution is 6.04. The molecule has 188 valence electrons. The maximum Gasteiger partial charge on any atom is 0.255 e. The number of hydrogen-bond donors (Lipinski definition) is 2. The molecular formula is C29H31N7O. The molecule has 1 amide bonds. The summed E-state index contributed by atoms with van der Waals surface area (Å²) in [5, 5.41) is 6.19. The number of piperazine rings is 1. The third-order valence-corrected chi connectivity index (χ3v) is 6.29. The first kappa shape index (κ1) is 22.1. The van der Waals surface area contributed by atoms with Crippen LogP contribution in [-0.2, 0) is 6.50 Å². The van der Waals surface area contributed by atoms with E-state index in [9.17, 15) is 4.79 Å². The molecule has 5 rings (SSSR count). The van der Waals surface area contributed by atoms with Gasteiger partial charge < -0.3 is 15.5 Å². The first-order chi connectivity index (χ1) is 18.8. The van der Waals surface area contributed by atoms with Gasteiger partial charge in [0.1, 0.15) is 0 Å². The molecule has 8 heteroatoms. The number of rotatable bonds is 7. The zero-order valence-corrected chi connectivity index (χ0v) is 21.0. The van der Waals surface area contributed by atoms with Crippen molar-refractivity contribution in [2.24, 2.45) is 0 Å². The van der Waals surface area contributed by atoms with Crippen molar-refractivity contribution in [1.29, 1.82) is 0 Å². The Balaban J connectivity index is 1.27. The molecule has 0 atom stereocenters. The van der Waals surface area contributed by atoms with Crippen LogP contribution < -0.4 is 10.6 Å². The Morgan fingerprint density at radius 1 is 1.03 bits per heavy atom. The van der Waals surface area contributed by atoms with Gasteiger partial charge in [0.05, 0.1) is 5.69 Å². The van der Waals surface area contributed by atoms with Gasteiger partial charge in [0, 0.05) is 76.5 Å². The summed E-state index contributed by atoms with van der Waals surface area (Å²) < 4.78 is 17.3. The largest absolute Gasteiger partial charge is 0.324 e. The van der Waals surface area contributed by atoms with Crippen molar-refractivity contribution in [2.45, 2.75) is 13.4 Å². The van der Waals surface area contributed by atoms with Crippen LogP contribution in [0.5, 0.6) is 0 Å². The highest BCUT2D eigenvalue weighted by atomic mass is 16.1. The second-order valence-corrected chi connectivity index (χ2v) is 9.10. The lowest BCUT2D eigenvalue weighted by Crippen LogP contribution is -2.43. The number of hydrogen-bond acceptors (Lipinski definition) is 7. The first-order valence-electron chi connectivity index (χ1n) is 13.3. The number of likely N-dealkylation sites (N-methyl/N-ethyl adjacent to an activating group) is 1. The molecule has 0 radical (unpaired) electrons. The highest BCUT2D eigenvalue weighted by Gasteiger charge is 2.14. The molecule has 1 aliphatic heterocycles. The second-order valence-electron chi connectivity index (χ2n) is 9.10. The molecule has 2 aromatic carbocycles. The number of pyridine rings is 1. The number of nitrogens with zero attached hydrogens (tertiary/aromatic N) is 5. The Labute approximate surface area is 220 Å². The van der Waals surface area contributed by atoms with Crippen LogP contribution in [-0.4, -0.2) is 63.9 Å². The second kappa shape index (κ2) is 11.3. The van der Waals surface area contributed by atoms with Gasteiger partial charge in [0.15, 0.2) is 0 Å². The van der Waals surface area contributed by atoms with Crippen molar-refractivity contribution in [3.63, 3.8) is 0 Å². The standard InChI is InChI=1S/C29H31N7O/c1-21-5-10-25(18-27(21)34-29-31-13-11-26(33-29)24-4-3-12-30-19-24)32-28(37)23-8-6-22(7-9-23)20-36-16-14-35(2)15-17-36/h3-13,18-19H,14-17,20H2,1-2H3,(H,32,37)(H,31,33,34)/i20D2. The van der Waals surface area contributed by atoms with E-state index in [4.69, 9.17) is 2.74 Å². The Hall–Kier alpha value is -4.14. The molecule has 0 saturated carbocycles. The van der Waals surface area contributed by atoms with Crippen LogP contribution in [0.25, 0.3) is 11.3 Å². The number of anilines is 3. The van der Waals surface area contributed by atoms with Gasteiger partial charge >= 0.3 is 0 Å². The quantitative estimate of drug-likeness (QED) is 0.388. The summed E-state index contributed by atoms with van der Waals surface area (Å²) in [5.41, 5.74) is 5.00. The summed E-state index contributed by atoms with van der Waals surface area (Å²) in [6.07, 6.45) is 5.16. The normalized spacial score (nSPS) is 15.5. The Kier molecular flexibility index (Phi) is 6.73. The van der Waals surface area contributed by atoms with Crippen LogP contribution >= 0.6 is 0 Å². The van der Waals surface area contributed by atoms with Gasteiger partial charge in [-0.15, -0.1) is 0 Å². The first-order valence-corrected chi connectivity index (χ1v) is 12.3. The van der Waals surface area contributed by atoms with Gasteiger partial charge in [-0.1, -0.05) is 18.2 Å². The number of carbonyl (C=O) groups excluding carboxylic acids is 1. The average molecular weight is 496 g/mol. The van der Waals surface area contributed by atoms with Crippen molar-refractivity contribution in [2.75, 3.05) is 43.9 Å². The minimum absolute atomic E-state index is 0.272. The monoisotopic (exact) mass is 495 g/mol. The van der Waals surface area contributed by atoms with Crippen LogP contribution in [0.4, 0.5) is 17.3 Å². The van der Waals surface area contributed by atoms with Crippen molar-refractivity contribution >= 4 is 23.2 Å².